The number of nitrogens with zero attached hydrogens (tertiary/aromatic N) is 3. The number of phenolic OH excluding ortho intramolecular Hbond substituents is 2. The number of phenols is 2. The van der Waals surface area contributed by atoms with Crippen LogP contribution in [0.15, 0.2) is 35.1 Å². The minimum atomic E-state index is -0.541. The van der Waals surface area contributed by atoms with Gasteiger partial charge in [0.1, 0.15) is 17.3 Å². The zero-order valence-corrected chi connectivity index (χ0v) is 13.1. The van der Waals surface area contributed by atoms with Crippen LogP contribution >= 0.6 is 0 Å². The minimum Gasteiger partial charge on any atom is -0.508 e. The quantitative estimate of drug-likeness (QED) is 0.633. The molecule has 0 aliphatic heterocycles. The normalized spacial score (nSPS) is 10.8. The Balaban J connectivity index is 1.74. The van der Waals surface area contributed by atoms with Crippen LogP contribution < -0.4 is 5.32 Å². The summed E-state index contributed by atoms with van der Waals surface area (Å²) < 4.78 is 6.75. The maximum Gasteiger partial charge on any atom is 0.259 e. The van der Waals surface area contributed by atoms with Crippen molar-refractivity contribution in [3.63, 3.8) is 0 Å². The molecule has 8 heteroatoms. The number of carbonyl (C=O) groups excluding carboxylic acids is 1. The number of carbonyl (C=O) groups is 1. The van der Waals surface area contributed by atoms with Crippen molar-refractivity contribution in [3.05, 3.63) is 53.2 Å². The molecule has 24 heavy (non-hydrogen) atoms. The van der Waals surface area contributed by atoms with Gasteiger partial charge in [0.2, 0.25) is 0 Å². The van der Waals surface area contributed by atoms with Crippen LogP contribution in [0.4, 0.5) is 5.69 Å². The van der Waals surface area contributed by atoms with Crippen molar-refractivity contribution < 1.29 is 19.5 Å². The number of hydrogen-bond acceptors (Lipinski definition) is 6. The molecule has 0 unspecified atom stereocenters. The number of amides is 1. The molecule has 0 fully saturated rings. The topological polar surface area (TPSA) is 113 Å². The third-order valence-corrected chi connectivity index (χ3v) is 3.62. The smallest absolute Gasteiger partial charge is 0.259 e. The molecule has 2 aromatic heterocycles. The Morgan fingerprint density at radius 1 is 1.33 bits per heavy atom. The molecule has 0 radical (unpaired) electrons. The molecule has 1 amide bonds. The van der Waals surface area contributed by atoms with Crippen molar-refractivity contribution in [1.82, 2.24) is 14.9 Å². The van der Waals surface area contributed by atoms with Gasteiger partial charge in [-0.2, -0.15) is 5.10 Å². The van der Waals surface area contributed by atoms with Crippen LogP contribution in [0.25, 0.3) is 0 Å². The molecule has 2 heterocycles. The van der Waals surface area contributed by atoms with E-state index in [1.54, 1.807) is 10.9 Å². The zero-order chi connectivity index (χ0) is 17.3. The van der Waals surface area contributed by atoms with Gasteiger partial charge in [0.25, 0.3) is 5.91 Å². The molecule has 0 atom stereocenters. The van der Waals surface area contributed by atoms with Crippen LogP contribution in [0.1, 0.15) is 27.4 Å². The first kappa shape index (κ1) is 15.6. The Bertz CT molecular complexity index is 878. The average Bonchev–Trinajstić information content (AvgIpc) is 3.11. The van der Waals surface area contributed by atoms with Crippen LogP contribution in [0.3, 0.4) is 0 Å². The summed E-state index contributed by atoms with van der Waals surface area (Å²) in [4.78, 5) is 12.2. The highest BCUT2D eigenvalue weighted by Gasteiger charge is 2.14. The van der Waals surface area contributed by atoms with Gasteiger partial charge in [-0.3, -0.25) is 9.48 Å². The molecule has 0 aliphatic carbocycles. The minimum absolute atomic E-state index is 0.0199. The Labute approximate surface area is 137 Å². The number of benzene rings is 1. The predicted molar refractivity (Wildman–Crippen MR) is 85.0 cm³/mol. The number of aryl methyl sites for hydroxylation is 2. The lowest BCUT2D eigenvalue weighted by Gasteiger charge is -2.05. The molecule has 3 rings (SSSR count). The molecule has 1 aromatic carbocycles. The van der Waals surface area contributed by atoms with Crippen molar-refractivity contribution in [1.29, 1.82) is 0 Å². The van der Waals surface area contributed by atoms with Crippen LogP contribution in [0.2, 0.25) is 0 Å². The first-order valence-electron chi connectivity index (χ1n) is 7.21. The summed E-state index contributed by atoms with van der Waals surface area (Å²) >= 11 is 0. The van der Waals surface area contributed by atoms with Gasteiger partial charge in [0, 0.05) is 11.8 Å². The van der Waals surface area contributed by atoms with Crippen molar-refractivity contribution in [2.75, 3.05) is 5.32 Å². The van der Waals surface area contributed by atoms with E-state index in [-0.39, 0.29) is 17.1 Å². The number of nitrogens with one attached hydrogen (secondary N) is 1. The third kappa shape index (κ3) is 3.07. The maximum absolute atomic E-state index is 12.2. The predicted octanol–water partition coefficient (Wildman–Crippen LogP) is 2.20. The molecule has 0 saturated carbocycles. The summed E-state index contributed by atoms with van der Waals surface area (Å²) in [6.45, 7) is 4.14. The molecule has 8 nitrogen and oxygen atoms in total. The summed E-state index contributed by atoms with van der Waals surface area (Å²) in [6.07, 6.45) is 3.15. The standard InChI is InChI=1S/C16H16N4O4/c1-9-14(10(2)24-19-9)8-20-7-11(6-17-20)18-16(23)13-5-12(21)3-4-15(13)22/h3-7,21-22H,8H2,1-2H3,(H,18,23). The second kappa shape index (κ2) is 6.07. The van der Waals surface area contributed by atoms with E-state index in [1.165, 1.54) is 24.4 Å². The summed E-state index contributed by atoms with van der Waals surface area (Å²) in [5.41, 5.74) is 2.17. The highest BCUT2D eigenvalue weighted by Crippen LogP contribution is 2.23. The monoisotopic (exact) mass is 328 g/mol. The number of aromatic nitrogens is 3. The van der Waals surface area contributed by atoms with Crippen LogP contribution in [0, 0.1) is 13.8 Å². The molecule has 0 spiro atoms. The van der Waals surface area contributed by atoms with Gasteiger partial charge in [-0.1, -0.05) is 5.16 Å². The lowest BCUT2D eigenvalue weighted by Crippen LogP contribution is -2.11. The van der Waals surface area contributed by atoms with E-state index in [2.05, 4.69) is 15.6 Å². The first-order chi connectivity index (χ1) is 11.4. The van der Waals surface area contributed by atoms with Crippen molar-refractivity contribution in [2.45, 2.75) is 20.4 Å². The fraction of sp³-hybridized carbons (Fsp3) is 0.188. The molecular weight excluding hydrogens is 312 g/mol. The van der Waals surface area contributed by atoms with Crippen LogP contribution in [0.5, 0.6) is 11.5 Å². The van der Waals surface area contributed by atoms with Crippen LogP contribution in [-0.4, -0.2) is 31.1 Å². The van der Waals surface area contributed by atoms with E-state index in [0.717, 1.165) is 17.0 Å². The summed E-state index contributed by atoms with van der Waals surface area (Å²) in [6, 6.07) is 3.75. The van der Waals surface area contributed by atoms with E-state index in [1.807, 2.05) is 13.8 Å². The lowest BCUT2D eigenvalue weighted by atomic mass is 10.1. The van der Waals surface area contributed by atoms with E-state index in [4.69, 9.17) is 4.52 Å². The fourth-order valence-electron chi connectivity index (χ4n) is 2.31. The highest BCUT2D eigenvalue weighted by molar-refractivity contribution is 6.06. The van der Waals surface area contributed by atoms with Crippen molar-refractivity contribution in [3.8, 4) is 11.5 Å². The number of hydrogen-bond donors (Lipinski definition) is 3. The van der Waals surface area contributed by atoms with E-state index in [9.17, 15) is 15.0 Å². The second-order valence-corrected chi connectivity index (χ2v) is 5.38. The summed E-state index contributed by atoms with van der Waals surface area (Å²) in [5.74, 6) is -0.140. The molecule has 3 N–H and O–H groups in total. The fourth-order valence-corrected chi connectivity index (χ4v) is 2.31. The Hall–Kier alpha value is -3.29. The van der Waals surface area contributed by atoms with Crippen molar-refractivity contribution in [2.24, 2.45) is 0 Å². The molecular formula is C16H16N4O4. The van der Waals surface area contributed by atoms with Gasteiger partial charge in [0.15, 0.2) is 0 Å². The van der Waals surface area contributed by atoms with Gasteiger partial charge in [-0.25, -0.2) is 0 Å². The van der Waals surface area contributed by atoms with Gasteiger partial charge >= 0.3 is 0 Å². The van der Waals surface area contributed by atoms with E-state index >= 15 is 0 Å². The lowest BCUT2D eigenvalue weighted by molar-refractivity contribution is 0.102. The average molecular weight is 328 g/mol. The van der Waals surface area contributed by atoms with Crippen LogP contribution in [-0.2, 0) is 6.54 Å². The highest BCUT2D eigenvalue weighted by atomic mass is 16.5. The summed E-state index contributed by atoms with van der Waals surface area (Å²) in [7, 11) is 0. The molecule has 0 aliphatic rings. The van der Waals surface area contributed by atoms with Gasteiger partial charge in [-0.05, 0) is 32.0 Å². The van der Waals surface area contributed by atoms with E-state index < -0.39 is 5.91 Å². The largest absolute Gasteiger partial charge is 0.508 e. The third-order valence-electron chi connectivity index (χ3n) is 3.62. The maximum atomic E-state index is 12.2. The Morgan fingerprint density at radius 2 is 2.12 bits per heavy atom. The Kier molecular flexibility index (Phi) is 3.95. The summed E-state index contributed by atoms with van der Waals surface area (Å²) in [5, 5.41) is 29.8. The number of aromatic hydroxyl groups is 2. The molecule has 124 valence electrons. The number of anilines is 1. The molecule has 0 bridgehead atoms. The number of rotatable bonds is 4. The van der Waals surface area contributed by atoms with Crippen molar-refractivity contribution >= 4 is 11.6 Å². The van der Waals surface area contributed by atoms with Gasteiger partial charge in [-0.15, -0.1) is 0 Å². The second-order valence-electron chi connectivity index (χ2n) is 5.38. The van der Waals surface area contributed by atoms with E-state index in [0.29, 0.717) is 12.2 Å². The molecule has 0 saturated heterocycles. The van der Waals surface area contributed by atoms with Gasteiger partial charge < -0.3 is 20.1 Å². The molecule has 3 aromatic rings. The SMILES string of the molecule is Cc1noc(C)c1Cn1cc(NC(=O)c2cc(O)ccc2O)cn1. The Morgan fingerprint density at radius 3 is 2.83 bits per heavy atom. The zero-order valence-electron chi connectivity index (χ0n) is 13.1. The van der Waals surface area contributed by atoms with Gasteiger partial charge in [0.05, 0.1) is 29.7 Å². The first-order valence-corrected chi connectivity index (χ1v) is 7.21.